The number of esters is 2. The summed E-state index contributed by atoms with van der Waals surface area (Å²) in [6.07, 6.45) is 3.56. The van der Waals surface area contributed by atoms with Crippen LogP contribution < -0.4 is 0 Å². The predicted octanol–water partition coefficient (Wildman–Crippen LogP) is 6.71. The van der Waals surface area contributed by atoms with Gasteiger partial charge in [0.25, 0.3) is 0 Å². The normalized spacial score (nSPS) is 12.2. The third-order valence-electron chi connectivity index (χ3n) is 4.89. The Morgan fingerprint density at radius 1 is 0.781 bits per heavy atom. The largest absolute Gasteiger partial charge is 0.454 e. The standard InChI is InChI=1S/C28H30O4/c1-7-11-25(19(3)4)31-27(29)23-15-9-13-21(17-23)22-14-10-16-24(18-22)28(30)32-26(12-8-2)20(5)6/h7-10,13-18,25-26H,1-3,5,11-12H2,4,6H3. The van der Waals surface area contributed by atoms with E-state index in [0.29, 0.717) is 24.0 Å². The molecule has 2 aromatic carbocycles. The summed E-state index contributed by atoms with van der Waals surface area (Å²) in [6.45, 7) is 18.8. The lowest BCUT2D eigenvalue weighted by Gasteiger charge is -2.17. The van der Waals surface area contributed by atoms with Gasteiger partial charge in [-0.15, -0.1) is 13.2 Å². The molecular weight excluding hydrogens is 400 g/mol. The highest BCUT2D eigenvalue weighted by atomic mass is 16.5. The summed E-state index contributed by atoms with van der Waals surface area (Å²) >= 11 is 0. The molecule has 2 rings (SSSR count). The van der Waals surface area contributed by atoms with Crippen molar-refractivity contribution in [2.45, 2.75) is 38.9 Å². The summed E-state index contributed by atoms with van der Waals surface area (Å²) in [7, 11) is 0. The van der Waals surface area contributed by atoms with Crippen LogP contribution in [0.4, 0.5) is 0 Å². The van der Waals surface area contributed by atoms with Crippen molar-refractivity contribution in [3.05, 3.63) is 109 Å². The van der Waals surface area contributed by atoms with Gasteiger partial charge in [0.1, 0.15) is 12.2 Å². The zero-order valence-corrected chi connectivity index (χ0v) is 18.8. The van der Waals surface area contributed by atoms with Crippen molar-refractivity contribution in [2.24, 2.45) is 0 Å². The van der Waals surface area contributed by atoms with Gasteiger partial charge in [0.15, 0.2) is 0 Å². The van der Waals surface area contributed by atoms with Crippen LogP contribution in [0.3, 0.4) is 0 Å². The molecule has 166 valence electrons. The molecule has 0 aliphatic heterocycles. The third-order valence-corrected chi connectivity index (χ3v) is 4.89. The molecule has 0 aliphatic rings. The van der Waals surface area contributed by atoms with Gasteiger partial charge in [-0.05, 0) is 60.4 Å². The van der Waals surface area contributed by atoms with E-state index in [9.17, 15) is 9.59 Å². The van der Waals surface area contributed by atoms with Crippen LogP contribution in [0.25, 0.3) is 11.1 Å². The molecule has 4 nitrogen and oxygen atoms in total. The zero-order valence-electron chi connectivity index (χ0n) is 18.8. The highest BCUT2D eigenvalue weighted by molar-refractivity contribution is 5.93. The van der Waals surface area contributed by atoms with E-state index in [2.05, 4.69) is 26.3 Å². The first-order valence-corrected chi connectivity index (χ1v) is 10.4. The molecular formula is C28H30O4. The van der Waals surface area contributed by atoms with Crippen molar-refractivity contribution in [2.75, 3.05) is 0 Å². The van der Waals surface area contributed by atoms with E-state index in [1.54, 1.807) is 48.6 Å². The molecule has 0 N–H and O–H groups in total. The molecule has 0 bridgehead atoms. The Kier molecular flexibility index (Phi) is 8.96. The van der Waals surface area contributed by atoms with E-state index in [4.69, 9.17) is 9.47 Å². The number of benzene rings is 2. The Labute approximate surface area is 190 Å². The predicted molar refractivity (Wildman–Crippen MR) is 130 cm³/mol. The monoisotopic (exact) mass is 430 g/mol. The van der Waals surface area contributed by atoms with Crippen LogP contribution in [0.1, 0.15) is 47.4 Å². The summed E-state index contributed by atoms with van der Waals surface area (Å²) in [4.78, 5) is 25.3. The first-order chi connectivity index (χ1) is 15.3. The minimum atomic E-state index is -0.439. The molecule has 0 saturated carbocycles. The maximum absolute atomic E-state index is 12.7. The molecule has 0 amide bonds. The zero-order chi connectivity index (χ0) is 23.7. The Balaban J connectivity index is 2.24. The second-order valence-electron chi connectivity index (χ2n) is 7.69. The van der Waals surface area contributed by atoms with Crippen LogP contribution >= 0.6 is 0 Å². The Bertz CT molecular complexity index is 948. The van der Waals surface area contributed by atoms with Gasteiger partial charge in [0.05, 0.1) is 11.1 Å². The number of carbonyl (C=O) groups is 2. The van der Waals surface area contributed by atoms with Gasteiger partial charge in [-0.3, -0.25) is 0 Å². The summed E-state index contributed by atoms with van der Waals surface area (Å²) in [5, 5.41) is 0. The van der Waals surface area contributed by atoms with E-state index in [0.717, 1.165) is 22.3 Å². The Hall–Kier alpha value is -3.66. The summed E-state index contributed by atoms with van der Waals surface area (Å²) in [5.41, 5.74) is 3.91. The highest BCUT2D eigenvalue weighted by Gasteiger charge is 2.18. The van der Waals surface area contributed by atoms with Crippen LogP contribution in [0.5, 0.6) is 0 Å². The number of ether oxygens (including phenoxy) is 2. The highest BCUT2D eigenvalue weighted by Crippen LogP contribution is 2.24. The van der Waals surface area contributed by atoms with Gasteiger partial charge in [0, 0.05) is 12.8 Å². The van der Waals surface area contributed by atoms with E-state index in [-0.39, 0.29) is 0 Å². The second-order valence-corrected chi connectivity index (χ2v) is 7.69. The van der Waals surface area contributed by atoms with Gasteiger partial charge in [-0.2, -0.15) is 0 Å². The lowest BCUT2D eigenvalue weighted by molar-refractivity contribution is 0.0371. The van der Waals surface area contributed by atoms with Crippen molar-refractivity contribution >= 4 is 11.9 Å². The first-order valence-electron chi connectivity index (χ1n) is 10.4. The fourth-order valence-corrected chi connectivity index (χ4v) is 3.05. The topological polar surface area (TPSA) is 52.6 Å². The molecule has 0 aliphatic carbocycles. The average molecular weight is 431 g/mol. The quantitative estimate of drug-likeness (QED) is 0.294. The number of carbonyl (C=O) groups excluding carboxylic acids is 2. The molecule has 2 aromatic rings. The van der Waals surface area contributed by atoms with E-state index >= 15 is 0 Å². The number of rotatable bonds is 11. The molecule has 2 atom stereocenters. The molecule has 2 unspecified atom stereocenters. The van der Waals surface area contributed by atoms with Crippen molar-refractivity contribution < 1.29 is 19.1 Å². The van der Waals surface area contributed by atoms with Gasteiger partial charge in [-0.25, -0.2) is 9.59 Å². The van der Waals surface area contributed by atoms with Crippen LogP contribution in [-0.4, -0.2) is 24.1 Å². The maximum Gasteiger partial charge on any atom is 0.338 e. The molecule has 0 radical (unpaired) electrons. The lowest BCUT2D eigenvalue weighted by Crippen LogP contribution is -2.18. The van der Waals surface area contributed by atoms with E-state index in [1.165, 1.54) is 0 Å². The smallest absolute Gasteiger partial charge is 0.338 e. The van der Waals surface area contributed by atoms with Gasteiger partial charge in [-0.1, -0.05) is 49.6 Å². The molecule has 0 heterocycles. The van der Waals surface area contributed by atoms with Crippen molar-refractivity contribution in [3.63, 3.8) is 0 Å². The second kappa shape index (κ2) is 11.7. The van der Waals surface area contributed by atoms with Crippen molar-refractivity contribution in [1.29, 1.82) is 0 Å². The summed E-state index contributed by atoms with van der Waals surface area (Å²) < 4.78 is 11.2. The van der Waals surface area contributed by atoms with Crippen LogP contribution in [0.2, 0.25) is 0 Å². The Morgan fingerprint density at radius 2 is 1.16 bits per heavy atom. The lowest BCUT2D eigenvalue weighted by atomic mass is 10.0. The molecule has 0 saturated heterocycles. The maximum atomic E-state index is 12.7. The molecule has 0 spiro atoms. The number of hydrogen-bond acceptors (Lipinski definition) is 4. The molecule has 32 heavy (non-hydrogen) atoms. The van der Waals surface area contributed by atoms with E-state index in [1.807, 2.05) is 26.0 Å². The van der Waals surface area contributed by atoms with Crippen LogP contribution in [0, 0.1) is 0 Å². The molecule has 0 aromatic heterocycles. The first kappa shape index (κ1) is 24.6. The number of hydrogen-bond donors (Lipinski definition) is 0. The van der Waals surface area contributed by atoms with Crippen molar-refractivity contribution in [3.8, 4) is 11.1 Å². The fourth-order valence-electron chi connectivity index (χ4n) is 3.05. The SMILES string of the molecule is C=CCC(OC(=O)c1cccc(-c2cccc(C(=O)OC(CC=C)C(=C)C)c2)c1)C(=C)C. The van der Waals surface area contributed by atoms with Gasteiger partial charge in [0.2, 0.25) is 0 Å². The van der Waals surface area contributed by atoms with Crippen LogP contribution in [-0.2, 0) is 9.47 Å². The van der Waals surface area contributed by atoms with Crippen molar-refractivity contribution in [1.82, 2.24) is 0 Å². The fraction of sp³-hybridized carbons (Fsp3) is 0.214. The van der Waals surface area contributed by atoms with E-state index < -0.39 is 24.1 Å². The third kappa shape index (κ3) is 6.67. The Morgan fingerprint density at radius 3 is 1.47 bits per heavy atom. The average Bonchev–Trinajstić information content (AvgIpc) is 2.78. The van der Waals surface area contributed by atoms with Gasteiger partial charge >= 0.3 is 11.9 Å². The minimum Gasteiger partial charge on any atom is -0.454 e. The summed E-state index contributed by atoms with van der Waals surface area (Å²) in [6, 6.07) is 14.2. The van der Waals surface area contributed by atoms with Crippen LogP contribution in [0.15, 0.2) is 98.1 Å². The molecule has 4 heteroatoms. The minimum absolute atomic E-state index is 0.416. The van der Waals surface area contributed by atoms with Gasteiger partial charge < -0.3 is 9.47 Å². The molecule has 0 fully saturated rings. The summed E-state index contributed by atoms with van der Waals surface area (Å²) in [5.74, 6) is -0.878.